The van der Waals surface area contributed by atoms with Crippen LogP contribution in [0.1, 0.15) is 44.8 Å². The third-order valence-corrected chi connectivity index (χ3v) is 6.09. The van der Waals surface area contributed by atoms with Crippen LogP contribution in [0, 0.1) is 0 Å². The number of imide groups is 1. The number of aromatic amines is 1. The fourth-order valence-electron chi connectivity index (χ4n) is 4.32. The van der Waals surface area contributed by atoms with Crippen LogP contribution in [0.5, 0.6) is 0 Å². The normalized spacial score (nSPS) is 21.2. The lowest BCUT2D eigenvalue weighted by molar-refractivity contribution is 0.0570. The number of carbonyl (C=O) groups excluding carboxylic acids is 2. The Bertz CT molecular complexity index is 1070. The number of hydrogen-bond donors (Lipinski definition) is 1. The molecule has 0 saturated heterocycles. The van der Waals surface area contributed by atoms with Gasteiger partial charge in [-0.3, -0.25) is 14.5 Å². The van der Waals surface area contributed by atoms with Gasteiger partial charge in [-0.05, 0) is 54.7 Å². The summed E-state index contributed by atoms with van der Waals surface area (Å²) in [5.41, 5.74) is 3.55. The topological polar surface area (TPSA) is 53.2 Å². The third kappa shape index (κ3) is 2.27. The molecule has 2 amide bonds. The number of halogens is 1. The second-order valence-corrected chi connectivity index (χ2v) is 7.92. The van der Waals surface area contributed by atoms with E-state index in [1.54, 1.807) is 12.1 Å². The Morgan fingerprint density at radius 1 is 1.08 bits per heavy atom. The summed E-state index contributed by atoms with van der Waals surface area (Å²) in [5, 5.41) is 2.32. The Morgan fingerprint density at radius 2 is 1.81 bits per heavy atom. The predicted molar refractivity (Wildman–Crippen MR) is 103 cm³/mol. The zero-order chi connectivity index (χ0) is 17.8. The number of H-pyrrole nitrogens is 1. The molecule has 2 aliphatic carbocycles. The van der Waals surface area contributed by atoms with E-state index in [4.69, 9.17) is 0 Å². The molecule has 130 valence electrons. The molecule has 2 heterocycles. The standard InChI is InChI=1S/C21H17BrN2O2/c22-12-4-3-7-14-17-11-13(8-9-18(17)23-19(14)10-12)24-20(25)15-5-1-2-6-16(15)21(24)26/h1-2,4-7,10,13,23H,3,8-9,11H2. The lowest BCUT2D eigenvalue weighted by atomic mass is 9.91. The van der Waals surface area contributed by atoms with Crippen LogP contribution >= 0.6 is 15.9 Å². The highest BCUT2D eigenvalue weighted by atomic mass is 79.9. The summed E-state index contributed by atoms with van der Waals surface area (Å²) in [6, 6.07) is 7.04. The molecule has 1 unspecified atom stereocenters. The van der Waals surface area contributed by atoms with E-state index in [1.807, 2.05) is 12.1 Å². The Balaban J connectivity index is 1.54. The van der Waals surface area contributed by atoms with Crippen LogP contribution < -0.4 is 10.6 Å². The number of rotatable bonds is 1. The molecule has 1 aromatic heterocycles. The second kappa shape index (κ2) is 5.81. The molecule has 1 N–H and O–H groups in total. The smallest absolute Gasteiger partial charge is 0.261 e. The molecule has 2 aromatic rings. The molecular weight excluding hydrogens is 392 g/mol. The van der Waals surface area contributed by atoms with Gasteiger partial charge in [0, 0.05) is 21.6 Å². The van der Waals surface area contributed by atoms with Crippen molar-refractivity contribution in [3.63, 3.8) is 0 Å². The van der Waals surface area contributed by atoms with Crippen LogP contribution in [0.2, 0.25) is 0 Å². The number of carbonyl (C=O) groups is 2. The number of hydrogen-bond acceptors (Lipinski definition) is 2. The highest BCUT2D eigenvalue weighted by molar-refractivity contribution is 9.12. The first-order valence-corrected chi connectivity index (χ1v) is 9.67. The summed E-state index contributed by atoms with van der Waals surface area (Å²) in [7, 11) is 0. The monoisotopic (exact) mass is 408 g/mol. The maximum Gasteiger partial charge on any atom is 0.261 e. The zero-order valence-electron chi connectivity index (χ0n) is 14.1. The Hall–Kier alpha value is -2.40. The number of benzene rings is 1. The van der Waals surface area contributed by atoms with Gasteiger partial charge in [0.15, 0.2) is 0 Å². The van der Waals surface area contributed by atoms with Gasteiger partial charge < -0.3 is 4.98 Å². The zero-order valence-corrected chi connectivity index (χ0v) is 15.7. The predicted octanol–water partition coefficient (Wildman–Crippen LogP) is 2.41. The van der Waals surface area contributed by atoms with E-state index in [0.29, 0.717) is 17.5 Å². The minimum Gasteiger partial charge on any atom is -0.358 e. The molecule has 1 aromatic carbocycles. The molecule has 0 spiro atoms. The molecule has 0 bridgehead atoms. The number of allylic oxidation sites excluding steroid dienone is 2. The van der Waals surface area contributed by atoms with Crippen LogP contribution in [-0.2, 0) is 12.8 Å². The van der Waals surface area contributed by atoms with Gasteiger partial charge in [0.1, 0.15) is 0 Å². The summed E-state index contributed by atoms with van der Waals surface area (Å²) in [5.74, 6) is -0.304. The molecule has 5 heteroatoms. The number of aromatic nitrogens is 1. The SMILES string of the molecule is O=C1c2ccccc2C(=O)N1C1CCc2[nH]c3c(c2C1)=CCC=C(Br)C=3. The molecule has 5 rings (SSSR count). The van der Waals surface area contributed by atoms with Crippen LogP contribution in [0.25, 0.3) is 12.2 Å². The first-order chi connectivity index (χ1) is 12.6. The third-order valence-electron chi connectivity index (χ3n) is 5.54. The molecular formula is C21H17BrN2O2. The largest absolute Gasteiger partial charge is 0.358 e. The van der Waals surface area contributed by atoms with E-state index in [-0.39, 0.29) is 17.9 Å². The number of nitrogens with one attached hydrogen (secondary N) is 1. The van der Waals surface area contributed by atoms with E-state index in [9.17, 15) is 9.59 Å². The van der Waals surface area contributed by atoms with Gasteiger partial charge in [-0.1, -0.05) is 40.2 Å². The number of fused-ring (bicyclic) bond motifs is 4. The summed E-state index contributed by atoms with van der Waals surface area (Å²) in [4.78, 5) is 30.6. The van der Waals surface area contributed by atoms with Crippen molar-refractivity contribution >= 4 is 39.9 Å². The molecule has 1 aliphatic heterocycles. The van der Waals surface area contributed by atoms with Gasteiger partial charge in [-0.25, -0.2) is 0 Å². The van der Waals surface area contributed by atoms with Gasteiger partial charge in [0.05, 0.1) is 11.1 Å². The number of amides is 2. The van der Waals surface area contributed by atoms with E-state index < -0.39 is 0 Å². The fraction of sp³-hybridized carbons (Fsp3) is 0.238. The minimum absolute atomic E-state index is 0.0807. The lowest BCUT2D eigenvalue weighted by Crippen LogP contribution is -2.44. The van der Waals surface area contributed by atoms with Crippen molar-refractivity contribution in [2.75, 3.05) is 0 Å². The molecule has 4 nitrogen and oxygen atoms in total. The van der Waals surface area contributed by atoms with Crippen LogP contribution in [-0.4, -0.2) is 27.7 Å². The number of aryl methyl sites for hydroxylation is 1. The molecule has 0 fully saturated rings. The highest BCUT2D eigenvalue weighted by Gasteiger charge is 2.41. The average molecular weight is 409 g/mol. The van der Waals surface area contributed by atoms with Gasteiger partial charge in [-0.2, -0.15) is 0 Å². The Labute approximate surface area is 159 Å². The average Bonchev–Trinajstić information content (AvgIpc) is 3.02. The maximum absolute atomic E-state index is 12.8. The first-order valence-electron chi connectivity index (χ1n) is 8.87. The molecule has 0 saturated carbocycles. The summed E-state index contributed by atoms with van der Waals surface area (Å²) < 4.78 is 1.07. The first kappa shape index (κ1) is 15.8. The van der Waals surface area contributed by atoms with Crippen LogP contribution in [0.3, 0.4) is 0 Å². The van der Waals surface area contributed by atoms with Crippen molar-refractivity contribution in [2.24, 2.45) is 0 Å². The van der Waals surface area contributed by atoms with Gasteiger partial charge in [0.25, 0.3) is 11.8 Å². The van der Waals surface area contributed by atoms with Crippen LogP contribution in [0.4, 0.5) is 0 Å². The molecule has 0 radical (unpaired) electrons. The van der Waals surface area contributed by atoms with Crippen LogP contribution in [0.15, 0.2) is 34.8 Å². The van der Waals surface area contributed by atoms with Crippen molar-refractivity contribution < 1.29 is 9.59 Å². The van der Waals surface area contributed by atoms with E-state index in [2.05, 4.69) is 39.1 Å². The highest BCUT2D eigenvalue weighted by Crippen LogP contribution is 2.29. The summed E-state index contributed by atoms with van der Waals surface area (Å²) in [6.45, 7) is 0. The quantitative estimate of drug-likeness (QED) is 0.736. The van der Waals surface area contributed by atoms with Crippen molar-refractivity contribution in [3.8, 4) is 0 Å². The van der Waals surface area contributed by atoms with Gasteiger partial charge in [0.2, 0.25) is 0 Å². The van der Waals surface area contributed by atoms with Gasteiger partial charge >= 0.3 is 0 Å². The molecule has 3 aliphatic rings. The number of nitrogens with zero attached hydrogens (tertiary/aromatic N) is 1. The van der Waals surface area contributed by atoms with E-state index in [1.165, 1.54) is 21.4 Å². The molecule has 1 atom stereocenters. The fourth-order valence-corrected chi connectivity index (χ4v) is 4.73. The van der Waals surface area contributed by atoms with E-state index in [0.717, 1.165) is 29.1 Å². The van der Waals surface area contributed by atoms with Crippen molar-refractivity contribution in [3.05, 3.63) is 67.8 Å². The minimum atomic E-state index is -0.152. The Kier molecular flexibility index (Phi) is 3.54. The second-order valence-electron chi connectivity index (χ2n) is 7.01. The summed E-state index contributed by atoms with van der Waals surface area (Å²) in [6.07, 6.45) is 9.69. The van der Waals surface area contributed by atoms with Gasteiger partial charge in [-0.15, -0.1) is 0 Å². The van der Waals surface area contributed by atoms with Crippen molar-refractivity contribution in [1.82, 2.24) is 9.88 Å². The maximum atomic E-state index is 12.8. The molecule has 26 heavy (non-hydrogen) atoms. The van der Waals surface area contributed by atoms with Crippen molar-refractivity contribution in [2.45, 2.75) is 31.7 Å². The lowest BCUT2D eigenvalue weighted by Gasteiger charge is -2.29. The summed E-state index contributed by atoms with van der Waals surface area (Å²) >= 11 is 3.57. The van der Waals surface area contributed by atoms with Crippen molar-refractivity contribution in [1.29, 1.82) is 0 Å². The van der Waals surface area contributed by atoms with E-state index >= 15 is 0 Å². The Morgan fingerprint density at radius 3 is 2.54 bits per heavy atom.